The van der Waals surface area contributed by atoms with E-state index in [2.05, 4.69) is 4.98 Å². The summed E-state index contributed by atoms with van der Waals surface area (Å²) in [5.74, 6) is -3.16. The summed E-state index contributed by atoms with van der Waals surface area (Å²) in [6.07, 6.45) is -2.77. The van der Waals surface area contributed by atoms with Crippen molar-refractivity contribution >= 4 is 5.65 Å². The van der Waals surface area contributed by atoms with Gasteiger partial charge in [0, 0.05) is 22.9 Å². The van der Waals surface area contributed by atoms with Gasteiger partial charge in [0.2, 0.25) is 0 Å². The van der Waals surface area contributed by atoms with Crippen molar-refractivity contribution in [1.29, 1.82) is 5.26 Å². The van der Waals surface area contributed by atoms with Crippen LogP contribution >= 0.6 is 0 Å². The molecule has 2 aromatic heterocycles. The summed E-state index contributed by atoms with van der Waals surface area (Å²) in [7, 11) is 0. The number of halogens is 6. The van der Waals surface area contributed by atoms with Gasteiger partial charge in [0.1, 0.15) is 11.6 Å². The number of imidazole rings is 1. The van der Waals surface area contributed by atoms with Crippen molar-refractivity contribution in [2.45, 2.75) is 6.18 Å². The molecule has 0 saturated carbocycles. The zero-order chi connectivity index (χ0) is 21.6. The maximum Gasteiger partial charge on any atom is 0.419 e. The Balaban J connectivity index is 1.92. The predicted molar refractivity (Wildman–Crippen MR) is 95.7 cm³/mol. The topological polar surface area (TPSA) is 41.1 Å². The van der Waals surface area contributed by atoms with Crippen LogP contribution in [-0.2, 0) is 6.18 Å². The molecule has 0 bridgehead atoms. The summed E-state index contributed by atoms with van der Waals surface area (Å²) in [5, 5.41) is 9.23. The van der Waals surface area contributed by atoms with Crippen LogP contribution in [0.25, 0.3) is 28.0 Å². The van der Waals surface area contributed by atoms with Gasteiger partial charge in [-0.25, -0.2) is 18.2 Å². The molecule has 2 heterocycles. The van der Waals surface area contributed by atoms with E-state index in [-0.39, 0.29) is 27.9 Å². The minimum absolute atomic E-state index is 0.0925. The molecule has 0 atom stereocenters. The van der Waals surface area contributed by atoms with E-state index in [9.17, 15) is 31.6 Å². The van der Waals surface area contributed by atoms with Crippen LogP contribution in [0.4, 0.5) is 26.3 Å². The van der Waals surface area contributed by atoms with Crippen molar-refractivity contribution in [3.8, 4) is 28.5 Å². The highest BCUT2D eigenvalue weighted by molar-refractivity contribution is 5.77. The summed E-state index contributed by atoms with van der Waals surface area (Å²) >= 11 is 0. The summed E-state index contributed by atoms with van der Waals surface area (Å²) in [5.41, 5.74) is -2.18. The minimum atomic E-state index is -4.89. The van der Waals surface area contributed by atoms with E-state index < -0.39 is 34.8 Å². The lowest BCUT2D eigenvalue weighted by Crippen LogP contribution is -2.09. The molecule has 0 radical (unpaired) electrons. The third kappa shape index (κ3) is 3.06. The fourth-order valence-electron chi connectivity index (χ4n) is 3.22. The lowest BCUT2D eigenvalue weighted by atomic mass is 9.97. The molecule has 0 spiro atoms. The Morgan fingerprint density at radius 1 is 0.967 bits per heavy atom. The van der Waals surface area contributed by atoms with Gasteiger partial charge < -0.3 is 0 Å². The van der Waals surface area contributed by atoms with Crippen molar-refractivity contribution < 1.29 is 26.3 Å². The number of pyridine rings is 1. The molecule has 0 fully saturated rings. The third-order valence-corrected chi connectivity index (χ3v) is 4.59. The number of rotatable bonds is 2. The maximum atomic E-state index is 14.5. The quantitative estimate of drug-likeness (QED) is 0.377. The third-order valence-electron chi connectivity index (χ3n) is 4.59. The normalized spacial score (nSPS) is 11.6. The van der Waals surface area contributed by atoms with Gasteiger partial charge in [0.25, 0.3) is 0 Å². The van der Waals surface area contributed by atoms with Gasteiger partial charge >= 0.3 is 6.18 Å². The monoisotopic (exact) mass is 417 g/mol. The number of nitrogens with zero attached hydrogens (tertiary/aromatic N) is 3. The van der Waals surface area contributed by atoms with Gasteiger partial charge in [-0.3, -0.25) is 4.40 Å². The first-order valence-corrected chi connectivity index (χ1v) is 8.44. The molecular formula is C21H9F6N3. The molecule has 2 aromatic carbocycles. The average Bonchev–Trinajstić information content (AvgIpc) is 3.13. The van der Waals surface area contributed by atoms with Gasteiger partial charge in [-0.1, -0.05) is 6.07 Å². The van der Waals surface area contributed by atoms with Crippen LogP contribution in [0.3, 0.4) is 0 Å². The average molecular weight is 417 g/mol. The van der Waals surface area contributed by atoms with Crippen LogP contribution in [-0.4, -0.2) is 9.38 Å². The summed E-state index contributed by atoms with van der Waals surface area (Å²) in [4.78, 5) is 3.71. The van der Waals surface area contributed by atoms with E-state index in [0.29, 0.717) is 6.07 Å². The second-order valence-electron chi connectivity index (χ2n) is 6.35. The van der Waals surface area contributed by atoms with Crippen LogP contribution in [0.15, 0.2) is 54.9 Å². The van der Waals surface area contributed by atoms with E-state index in [1.54, 1.807) is 6.07 Å². The van der Waals surface area contributed by atoms with Gasteiger partial charge in [0.15, 0.2) is 11.5 Å². The van der Waals surface area contributed by atoms with Crippen LogP contribution < -0.4 is 0 Å². The first-order chi connectivity index (χ1) is 14.2. The zero-order valence-electron chi connectivity index (χ0n) is 14.8. The SMILES string of the molecule is N#Cc1cccc(F)c1-c1cc(-c2cnc3c(F)c(C(F)(F)F)ccn23)ccc1F. The predicted octanol–water partition coefficient (Wildman–Crippen LogP) is 5.98. The number of benzene rings is 2. The van der Waals surface area contributed by atoms with Gasteiger partial charge in [0.05, 0.1) is 29.1 Å². The summed E-state index contributed by atoms with van der Waals surface area (Å²) in [6.45, 7) is 0. The first kappa shape index (κ1) is 19.5. The van der Waals surface area contributed by atoms with E-state index in [4.69, 9.17) is 0 Å². The highest BCUT2D eigenvalue weighted by Crippen LogP contribution is 2.35. The maximum absolute atomic E-state index is 14.5. The number of hydrogen-bond acceptors (Lipinski definition) is 2. The van der Waals surface area contributed by atoms with Gasteiger partial charge in [-0.2, -0.15) is 18.4 Å². The van der Waals surface area contributed by atoms with Crippen molar-refractivity contribution in [3.05, 3.63) is 83.4 Å². The molecule has 0 aliphatic rings. The largest absolute Gasteiger partial charge is 0.419 e. The minimum Gasteiger partial charge on any atom is -0.297 e. The Labute approximate surface area is 165 Å². The Morgan fingerprint density at radius 3 is 2.43 bits per heavy atom. The zero-order valence-corrected chi connectivity index (χ0v) is 14.8. The highest BCUT2D eigenvalue weighted by Gasteiger charge is 2.35. The lowest BCUT2D eigenvalue weighted by Gasteiger charge is -2.11. The molecule has 3 nitrogen and oxygen atoms in total. The molecule has 30 heavy (non-hydrogen) atoms. The van der Waals surface area contributed by atoms with Crippen LogP contribution in [0.1, 0.15) is 11.1 Å². The second kappa shape index (κ2) is 6.91. The van der Waals surface area contributed by atoms with Crippen molar-refractivity contribution in [3.63, 3.8) is 0 Å². The fraction of sp³-hybridized carbons (Fsp3) is 0.0476. The van der Waals surface area contributed by atoms with Crippen molar-refractivity contribution in [1.82, 2.24) is 9.38 Å². The second-order valence-corrected chi connectivity index (χ2v) is 6.35. The van der Waals surface area contributed by atoms with Crippen LogP contribution in [0.5, 0.6) is 0 Å². The molecule has 150 valence electrons. The first-order valence-electron chi connectivity index (χ1n) is 8.44. The Hall–Kier alpha value is -3.80. The summed E-state index contributed by atoms with van der Waals surface area (Å²) in [6, 6.07) is 9.63. The Morgan fingerprint density at radius 2 is 1.73 bits per heavy atom. The molecular weight excluding hydrogens is 408 g/mol. The van der Waals surface area contributed by atoms with E-state index in [1.807, 2.05) is 0 Å². The van der Waals surface area contributed by atoms with Gasteiger partial charge in [-0.15, -0.1) is 0 Å². The molecule has 0 aliphatic heterocycles. The Bertz CT molecular complexity index is 1330. The van der Waals surface area contributed by atoms with E-state index in [0.717, 1.165) is 28.9 Å². The molecule has 0 amide bonds. The van der Waals surface area contributed by atoms with Gasteiger partial charge in [-0.05, 0) is 36.4 Å². The number of aromatic nitrogens is 2. The highest BCUT2D eigenvalue weighted by atomic mass is 19.4. The molecule has 0 N–H and O–H groups in total. The Kier molecular flexibility index (Phi) is 4.50. The number of fused-ring (bicyclic) bond motifs is 1. The smallest absolute Gasteiger partial charge is 0.297 e. The number of alkyl halides is 3. The van der Waals surface area contributed by atoms with E-state index >= 15 is 0 Å². The summed E-state index contributed by atoms with van der Waals surface area (Å²) < 4.78 is 83.0. The fourth-order valence-corrected chi connectivity index (χ4v) is 3.22. The van der Waals surface area contributed by atoms with E-state index in [1.165, 1.54) is 24.3 Å². The lowest BCUT2D eigenvalue weighted by molar-refractivity contribution is -0.139. The molecule has 9 heteroatoms. The molecule has 4 rings (SSSR count). The molecule has 0 unspecified atom stereocenters. The molecule has 0 saturated heterocycles. The van der Waals surface area contributed by atoms with Crippen LogP contribution in [0, 0.1) is 28.8 Å². The molecule has 4 aromatic rings. The van der Waals surface area contributed by atoms with Crippen LogP contribution in [0.2, 0.25) is 0 Å². The standard InChI is InChI=1S/C21H9F6N3/c22-15-5-4-11(8-13(15)18-12(9-28)2-1-3-16(18)23)17-10-29-20-19(24)14(21(25,26)27)6-7-30(17)20/h1-8,10H. The number of nitriles is 1. The number of hydrogen-bond donors (Lipinski definition) is 0. The van der Waals surface area contributed by atoms with Crippen molar-refractivity contribution in [2.24, 2.45) is 0 Å². The molecule has 0 aliphatic carbocycles. The van der Waals surface area contributed by atoms with Crippen molar-refractivity contribution in [2.75, 3.05) is 0 Å².